The van der Waals surface area contributed by atoms with Crippen LogP contribution >= 0.6 is 0 Å². The zero-order chi connectivity index (χ0) is 14.5. The van der Waals surface area contributed by atoms with Gasteiger partial charge in [-0.15, -0.1) is 0 Å². The molecule has 0 aromatic heterocycles. The van der Waals surface area contributed by atoms with Gasteiger partial charge in [0.05, 0.1) is 6.61 Å². The molecule has 3 rings (SSSR count). The largest absolute Gasteiger partial charge is 0.395 e. The number of fused-ring (bicyclic) bond motifs is 1. The van der Waals surface area contributed by atoms with Crippen molar-refractivity contribution in [3.63, 3.8) is 0 Å². The molecule has 1 aliphatic heterocycles. The lowest BCUT2D eigenvalue weighted by atomic mass is 9.82. The fraction of sp³-hybridized carbons (Fsp3) is 0.667. The van der Waals surface area contributed by atoms with Crippen LogP contribution in [0.1, 0.15) is 42.7 Å². The summed E-state index contributed by atoms with van der Waals surface area (Å²) in [5, 5.41) is 13.0. The van der Waals surface area contributed by atoms with Crippen LogP contribution in [0.15, 0.2) is 24.3 Å². The van der Waals surface area contributed by atoms with Gasteiger partial charge in [-0.1, -0.05) is 24.3 Å². The van der Waals surface area contributed by atoms with Crippen molar-refractivity contribution >= 4 is 0 Å². The Morgan fingerprint density at radius 2 is 2.05 bits per heavy atom. The van der Waals surface area contributed by atoms with Crippen molar-refractivity contribution in [2.75, 3.05) is 32.8 Å². The number of hydrogen-bond donors (Lipinski definition) is 2. The number of hydrogen-bond acceptors (Lipinski definition) is 3. The summed E-state index contributed by atoms with van der Waals surface area (Å²) in [6.07, 6.45) is 6.40. The highest BCUT2D eigenvalue weighted by atomic mass is 16.3. The van der Waals surface area contributed by atoms with Crippen LogP contribution < -0.4 is 5.32 Å². The molecule has 1 saturated heterocycles. The molecule has 0 bridgehead atoms. The summed E-state index contributed by atoms with van der Waals surface area (Å²) in [6.45, 7) is 4.40. The van der Waals surface area contributed by atoms with Crippen LogP contribution in [0.5, 0.6) is 0 Å². The van der Waals surface area contributed by atoms with E-state index >= 15 is 0 Å². The summed E-state index contributed by atoms with van der Waals surface area (Å²) in [6, 6.07) is 9.55. The molecule has 0 radical (unpaired) electrons. The van der Waals surface area contributed by atoms with Gasteiger partial charge in [-0.05, 0) is 55.7 Å². The molecular weight excluding hydrogens is 260 g/mol. The summed E-state index contributed by atoms with van der Waals surface area (Å²) in [4.78, 5) is 2.47. The van der Waals surface area contributed by atoms with Crippen molar-refractivity contribution in [3.05, 3.63) is 35.4 Å². The van der Waals surface area contributed by atoms with Gasteiger partial charge in [-0.25, -0.2) is 0 Å². The van der Waals surface area contributed by atoms with E-state index in [0.29, 0.717) is 12.0 Å². The van der Waals surface area contributed by atoms with Crippen LogP contribution in [0.3, 0.4) is 0 Å². The molecule has 21 heavy (non-hydrogen) atoms. The van der Waals surface area contributed by atoms with E-state index in [1.54, 1.807) is 5.56 Å². The number of aliphatic hydroxyl groups is 1. The molecule has 3 heteroatoms. The second kappa shape index (κ2) is 7.39. The van der Waals surface area contributed by atoms with E-state index in [1.807, 2.05) is 0 Å². The summed E-state index contributed by atoms with van der Waals surface area (Å²) in [5.74, 6) is 0.642. The maximum absolute atomic E-state index is 9.37. The van der Waals surface area contributed by atoms with E-state index in [4.69, 9.17) is 0 Å². The maximum Gasteiger partial charge on any atom is 0.0558 e. The fourth-order valence-electron chi connectivity index (χ4n) is 3.98. The molecule has 1 aromatic rings. The highest BCUT2D eigenvalue weighted by molar-refractivity contribution is 5.32. The normalized spacial score (nSPS) is 25.2. The molecule has 2 aliphatic rings. The van der Waals surface area contributed by atoms with Gasteiger partial charge in [0.25, 0.3) is 0 Å². The highest BCUT2D eigenvalue weighted by Crippen LogP contribution is 2.32. The van der Waals surface area contributed by atoms with Crippen molar-refractivity contribution in [2.45, 2.75) is 44.1 Å². The number of nitrogens with one attached hydrogen (secondary N) is 1. The first-order valence-corrected chi connectivity index (χ1v) is 8.51. The molecule has 1 aromatic carbocycles. The van der Waals surface area contributed by atoms with E-state index in [2.05, 4.69) is 34.5 Å². The van der Waals surface area contributed by atoms with Gasteiger partial charge in [0.2, 0.25) is 0 Å². The molecule has 2 unspecified atom stereocenters. The smallest absolute Gasteiger partial charge is 0.0558 e. The zero-order valence-electron chi connectivity index (χ0n) is 12.9. The van der Waals surface area contributed by atoms with Crippen LogP contribution in [-0.2, 0) is 6.42 Å². The Bertz CT molecular complexity index is 443. The zero-order valence-corrected chi connectivity index (χ0v) is 12.9. The monoisotopic (exact) mass is 288 g/mol. The Morgan fingerprint density at radius 1 is 1.14 bits per heavy atom. The van der Waals surface area contributed by atoms with Gasteiger partial charge >= 0.3 is 0 Å². The Hall–Kier alpha value is -0.900. The van der Waals surface area contributed by atoms with Gasteiger partial charge in [0.1, 0.15) is 0 Å². The van der Waals surface area contributed by atoms with E-state index in [1.165, 1.54) is 37.7 Å². The number of rotatable bonds is 6. The summed E-state index contributed by atoms with van der Waals surface area (Å²) in [7, 11) is 0. The maximum atomic E-state index is 9.37. The van der Waals surface area contributed by atoms with Gasteiger partial charge in [-0.3, -0.25) is 4.90 Å². The summed E-state index contributed by atoms with van der Waals surface area (Å²) in [5.41, 5.74) is 3.09. The number of nitrogens with zero attached hydrogens (tertiary/aromatic N) is 1. The first kappa shape index (κ1) is 15.0. The van der Waals surface area contributed by atoms with Gasteiger partial charge < -0.3 is 10.4 Å². The second-order valence-electron chi connectivity index (χ2n) is 6.56. The van der Waals surface area contributed by atoms with Crippen molar-refractivity contribution < 1.29 is 5.11 Å². The minimum Gasteiger partial charge on any atom is -0.395 e. The Kier molecular flexibility index (Phi) is 5.28. The van der Waals surface area contributed by atoms with Crippen LogP contribution in [0.4, 0.5) is 0 Å². The molecule has 0 amide bonds. The van der Waals surface area contributed by atoms with Gasteiger partial charge in [-0.2, -0.15) is 0 Å². The van der Waals surface area contributed by atoms with Crippen molar-refractivity contribution in [1.82, 2.24) is 10.2 Å². The first-order chi connectivity index (χ1) is 10.4. The third-order valence-corrected chi connectivity index (χ3v) is 5.03. The predicted molar refractivity (Wildman–Crippen MR) is 86.7 cm³/mol. The number of aliphatic hydroxyl groups excluding tert-OH is 1. The minimum absolute atomic E-state index is 0.265. The summed E-state index contributed by atoms with van der Waals surface area (Å²) < 4.78 is 0. The molecule has 1 heterocycles. The minimum atomic E-state index is 0.265. The third-order valence-electron chi connectivity index (χ3n) is 5.03. The molecule has 0 saturated carbocycles. The third kappa shape index (κ3) is 3.85. The SMILES string of the molecule is OCCN(CC1CCCN1)CC1CCCc2ccccc21. The molecular formula is C18H28N2O. The van der Waals surface area contributed by atoms with Crippen molar-refractivity contribution in [3.8, 4) is 0 Å². The van der Waals surface area contributed by atoms with Crippen LogP contribution in [0.25, 0.3) is 0 Å². The van der Waals surface area contributed by atoms with E-state index in [9.17, 15) is 5.11 Å². The van der Waals surface area contributed by atoms with Crippen molar-refractivity contribution in [1.29, 1.82) is 0 Å². The molecule has 0 spiro atoms. The number of aryl methyl sites for hydroxylation is 1. The molecule has 116 valence electrons. The second-order valence-corrected chi connectivity index (χ2v) is 6.56. The summed E-state index contributed by atoms with van der Waals surface area (Å²) >= 11 is 0. The fourth-order valence-corrected chi connectivity index (χ4v) is 3.98. The Labute approximate surface area is 128 Å². The molecule has 1 aliphatic carbocycles. The van der Waals surface area contributed by atoms with Gasteiger partial charge in [0.15, 0.2) is 0 Å². The standard InChI is InChI=1S/C18H28N2O/c21-12-11-20(14-17-8-4-10-19-17)13-16-7-3-6-15-5-1-2-9-18(15)16/h1-2,5,9,16-17,19,21H,3-4,6-8,10-14H2. The topological polar surface area (TPSA) is 35.5 Å². The highest BCUT2D eigenvalue weighted by Gasteiger charge is 2.24. The van der Waals surface area contributed by atoms with Crippen molar-refractivity contribution in [2.24, 2.45) is 0 Å². The van der Waals surface area contributed by atoms with E-state index in [-0.39, 0.29) is 6.61 Å². The molecule has 2 N–H and O–H groups in total. The van der Waals surface area contributed by atoms with Crippen LogP contribution in [0, 0.1) is 0 Å². The van der Waals surface area contributed by atoms with Crippen LogP contribution in [-0.4, -0.2) is 48.8 Å². The quantitative estimate of drug-likeness (QED) is 0.842. The average Bonchev–Trinajstić information content (AvgIpc) is 3.01. The lowest BCUT2D eigenvalue weighted by Gasteiger charge is -2.32. The molecule has 1 fully saturated rings. The first-order valence-electron chi connectivity index (χ1n) is 8.51. The van der Waals surface area contributed by atoms with Crippen LogP contribution in [0.2, 0.25) is 0 Å². The number of benzene rings is 1. The lowest BCUT2D eigenvalue weighted by molar-refractivity contribution is 0.173. The van der Waals surface area contributed by atoms with E-state index < -0.39 is 0 Å². The Balaban J connectivity index is 1.65. The molecule has 2 atom stereocenters. The molecule has 3 nitrogen and oxygen atoms in total. The lowest BCUT2D eigenvalue weighted by Crippen LogP contribution is -2.41. The Morgan fingerprint density at radius 3 is 2.86 bits per heavy atom. The van der Waals surface area contributed by atoms with E-state index in [0.717, 1.165) is 26.2 Å². The van der Waals surface area contributed by atoms with Gasteiger partial charge in [0, 0.05) is 25.7 Å². The average molecular weight is 288 g/mol. The predicted octanol–water partition coefficient (Wildman–Crippen LogP) is 2.15.